The topological polar surface area (TPSA) is 56.0 Å². The molecule has 0 atom stereocenters. The Labute approximate surface area is 57.7 Å². The quantitative estimate of drug-likeness (QED) is 0.434. The number of aryl methyl sites for hydroxylation is 1. The van der Waals surface area contributed by atoms with Crippen molar-refractivity contribution in [3.8, 4) is 0 Å². The third kappa shape index (κ3) is 1.10. The van der Waals surface area contributed by atoms with Gasteiger partial charge >= 0.3 is 0 Å². The molecule has 4 nitrogen and oxygen atoms in total. The van der Waals surface area contributed by atoms with Crippen LogP contribution in [0.1, 0.15) is 5.69 Å². The molecule has 1 heterocycles. The zero-order valence-electron chi connectivity index (χ0n) is 5.44. The second-order valence-corrected chi connectivity index (χ2v) is 1.87. The Kier molecular flexibility index (Phi) is 1.62. The van der Waals surface area contributed by atoms with Crippen molar-refractivity contribution in [2.75, 3.05) is 0 Å². The minimum atomic E-state index is -0.442. The van der Waals surface area contributed by atoms with Gasteiger partial charge in [0, 0.05) is 12.3 Å². The molecule has 0 unspecified atom stereocenters. The third-order valence-electron chi connectivity index (χ3n) is 1.18. The summed E-state index contributed by atoms with van der Waals surface area (Å²) in [5.74, 6) is 0. The molecule has 0 aliphatic rings. The summed E-state index contributed by atoms with van der Waals surface area (Å²) < 4.78 is 0. The molecule has 0 N–H and O–H groups in total. The summed E-state index contributed by atoms with van der Waals surface area (Å²) in [6.45, 7) is 1.61. The second kappa shape index (κ2) is 2.43. The van der Waals surface area contributed by atoms with Gasteiger partial charge in [0.2, 0.25) is 0 Å². The van der Waals surface area contributed by atoms with E-state index >= 15 is 0 Å². The molecule has 4 heteroatoms. The van der Waals surface area contributed by atoms with Crippen molar-refractivity contribution >= 4 is 5.69 Å². The number of hydrogen-bond donors (Lipinski definition) is 0. The standard InChI is InChI=1S/C6H6N2O2/c1-5-6(8(9)10)3-2-4-7-5/h2-4H,1H3. The highest BCUT2D eigenvalue weighted by atomic mass is 16.6. The minimum Gasteiger partial charge on any atom is -0.258 e. The number of nitro groups is 1. The van der Waals surface area contributed by atoms with Crippen molar-refractivity contribution in [3.05, 3.63) is 34.1 Å². The third-order valence-corrected chi connectivity index (χ3v) is 1.18. The number of pyridine rings is 1. The SMILES string of the molecule is Cc1ncccc1[N+](=O)[O-]. The van der Waals surface area contributed by atoms with Crippen LogP contribution >= 0.6 is 0 Å². The van der Waals surface area contributed by atoms with Crippen molar-refractivity contribution < 1.29 is 4.92 Å². The maximum atomic E-state index is 10.2. The molecule has 0 aliphatic heterocycles. The van der Waals surface area contributed by atoms with Gasteiger partial charge in [0.25, 0.3) is 5.69 Å². The van der Waals surface area contributed by atoms with Crippen molar-refractivity contribution in [2.24, 2.45) is 0 Å². The summed E-state index contributed by atoms with van der Waals surface area (Å²) in [6.07, 6.45) is 1.53. The van der Waals surface area contributed by atoms with E-state index in [1.54, 1.807) is 13.0 Å². The Morgan fingerprint density at radius 2 is 2.40 bits per heavy atom. The summed E-state index contributed by atoms with van der Waals surface area (Å²) in [5, 5.41) is 10.2. The van der Waals surface area contributed by atoms with Crippen LogP contribution in [0.25, 0.3) is 0 Å². The normalized spacial score (nSPS) is 9.30. The predicted molar refractivity (Wildman–Crippen MR) is 35.6 cm³/mol. The van der Waals surface area contributed by atoms with Crippen LogP contribution in [0.2, 0.25) is 0 Å². The highest BCUT2D eigenvalue weighted by molar-refractivity contribution is 5.32. The largest absolute Gasteiger partial charge is 0.290 e. The second-order valence-electron chi connectivity index (χ2n) is 1.87. The number of hydrogen-bond acceptors (Lipinski definition) is 3. The van der Waals surface area contributed by atoms with Crippen LogP contribution in [0.3, 0.4) is 0 Å². The molecule has 1 aromatic rings. The van der Waals surface area contributed by atoms with Crippen LogP contribution in [-0.2, 0) is 0 Å². The van der Waals surface area contributed by atoms with Gasteiger partial charge in [-0.1, -0.05) is 0 Å². The smallest absolute Gasteiger partial charge is 0.258 e. The number of aromatic nitrogens is 1. The first-order chi connectivity index (χ1) is 4.72. The van der Waals surface area contributed by atoms with Gasteiger partial charge in [-0.25, -0.2) is 0 Å². The summed E-state index contributed by atoms with van der Waals surface area (Å²) in [5.41, 5.74) is 0.523. The van der Waals surface area contributed by atoms with Gasteiger partial charge in [-0.3, -0.25) is 15.1 Å². The molecule has 0 fully saturated rings. The molecule has 0 spiro atoms. The summed E-state index contributed by atoms with van der Waals surface area (Å²) in [6, 6.07) is 2.98. The van der Waals surface area contributed by atoms with E-state index < -0.39 is 4.92 Å². The van der Waals surface area contributed by atoms with Gasteiger partial charge in [-0.05, 0) is 13.0 Å². The van der Waals surface area contributed by atoms with Gasteiger partial charge < -0.3 is 0 Å². The van der Waals surface area contributed by atoms with Crippen molar-refractivity contribution in [3.63, 3.8) is 0 Å². The van der Waals surface area contributed by atoms with Gasteiger partial charge in [-0.15, -0.1) is 0 Å². The molecule has 1 aromatic heterocycles. The molecule has 10 heavy (non-hydrogen) atoms. The highest BCUT2D eigenvalue weighted by Gasteiger charge is 2.07. The molecular formula is C6H6N2O2. The van der Waals surface area contributed by atoms with E-state index in [0.29, 0.717) is 5.69 Å². The average Bonchev–Trinajstić information content (AvgIpc) is 1.88. The average molecular weight is 138 g/mol. The zero-order valence-corrected chi connectivity index (χ0v) is 5.44. The fraction of sp³-hybridized carbons (Fsp3) is 0.167. The van der Waals surface area contributed by atoms with Crippen LogP contribution < -0.4 is 0 Å². The van der Waals surface area contributed by atoms with Crippen LogP contribution in [0.4, 0.5) is 5.69 Å². The minimum absolute atomic E-state index is 0.0718. The lowest BCUT2D eigenvalue weighted by molar-refractivity contribution is -0.385. The van der Waals surface area contributed by atoms with Crippen LogP contribution in [0.5, 0.6) is 0 Å². The monoisotopic (exact) mass is 138 g/mol. The van der Waals surface area contributed by atoms with E-state index in [2.05, 4.69) is 4.98 Å². The summed E-state index contributed by atoms with van der Waals surface area (Å²) in [7, 11) is 0. The Morgan fingerprint density at radius 1 is 1.70 bits per heavy atom. The van der Waals surface area contributed by atoms with Crippen LogP contribution in [0.15, 0.2) is 18.3 Å². The molecule has 0 saturated carbocycles. The number of rotatable bonds is 1. The van der Waals surface area contributed by atoms with Crippen molar-refractivity contribution in [1.82, 2.24) is 4.98 Å². The van der Waals surface area contributed by atoms with E-state index in [4.69, 9.17) is 0 Å². The Bertz CT molecular complexity index is 260. The first-order valence-electron chi connectivity index (χ1n) is 2.78. The first kappa shape index (κ1) is 6.67. The lowest BCUT2D eigenvalue weighted by Crippen LogP contribution is -1.92. The van der Waals surface area contributed by atoms with E-state index in [1.165, 1.54) is 12.3 Å². The molecule has 0 bridgehead atoms. The van der Waals surface area contributed by atoms with Gasteiger partial charge in [-0.2, -0.15) is 0 Å². The molecule has 1 rings (SSSR count). The van der Waals surface area contributed by atoms with Crippen LogP contribution in [-0.4, -0.2) is 9.91 Å². The molecule has 0 aromatic carbocycles. The van der Waals surface area contributed by atoms with Gasteiger partial charge in [0.1, 0.15) is 5.69 Å². The Hall–Kier alpha value is -1.45. The Balaban J connectivity index is 3.15. The molecule has 0 aliphatic carbocycles. The van der Waals surface area contributed by atoms with Gasteiger partial charge in [0.05, 0.1) is 4.92 Å². The fourth-order valence-corrected chi connectivity index (χ4v) is 0.669. The maximum absolute atomic E-state index is 10.2. The number of nitrogens with zero attached hydrogens (tertiary/aromatic N) is 2. The lowest BCUT2D eigenvalue weighted by atomic mass is 10.3. The molecular weight excluding hydrogens is 132 g/mol. The summed E-state index contributed by atoms with van der Waals surface area (Å²) in [4.78, 5) is 13.5. The Morgan fingerprint density at radius 3 is 2.80 bits per heavy atom. The van der Waals surface area contributed by atoms with Crippen molar-refractivity contribution in [2.45, 2.75) is 6.92 Å². The molecule has 0 saturated heterocycles. The molecule has 0 amide bonds. The maximum Gasteiger partial charge on any atom is 0.290 e. The van der Waals surface area contributed by atoms with Gasteiger partial charge in [0.15, 0.2) is 0 Å². The molecule has 52 valence electrons. The van der Waals surface area contributed by atoms with E-state index in [0.717, 1.165) is 0 Å². The lowest BCUT2D eigenvalue weighted by Gasteiger charge is -1.91. The fourth-order valence-electron chi connectivity index (χ4n) is 0.669. The highest BCUT2D eigenvalue weighted by Crippen LogP contribution is 2.12. The van der Waals surface area contributed by atoms with Crippen molar-refractivity contribution in [1.29, 1.82) is 0 Å². The predicted octanol–water partition coefficient (Wildman–Crippen LogP) is 1.30. The van der Waals surface area contributed by atoms with Crippen LogP contribution in [0, 0.1) is 17.0 Å². The zero-order chi connectivity index (χ0) is 7.56. The first-order valence-corrected chi connectivity index (χ1v) is 2.78. The van der Waals surface area contributed by atoms with E-state index in [1.807, 2.05) is 0 Å². The van der Waals surface area contributed by atoms with E-state index in [9.17, 15) is 10.1 Å². The van der Waals surface area contributed by atoms with E-state index in [-0.39, 0.29) is 5.69 Å². The molecule has 0 radical (unpaired) electrons. The summed E-state index contributed by atoms with van der Waals surface area (Å²) >= 11 is 0.